The average molecular weight is 709 g/mol. The summed E-state index contributed by atoms with van der Waals surface area (Å²) >= 11 is 0. The van der Waals surface area contributed by atoms with Crippen molar-refractivity contribution in [3.63, 3.8) is 0 Å². The molecule has 2 heterocycles. The summed E-state index contributed by atoms with van der Waals surface area (Å²) < 4.78 is 8.68. The molecule has 264 valence electrons. The number of aryl methyl sites for hydroxylation is 1. The van der Waals surface area contributed by atoms with E-state index in [0.717, 1.165) is 74.5 Å². The van der Waals surface area contributed by atoms with Crippen molar-refractivity contribution in [2.45, 2.75) is 12.8 Å². The molecule has 0 unspecified atom stereocenters. The molecular formula is C52H40N2O. The Morgan fingerprint density at radius 3 is 2.11 bits per heavy atom. The van der Waals surface area contributed by atoms with Crippen molar-refractivity contribution < 1.29 is 4.42 Å². The van der Waals surface area contributed by atoms with Gasteiger partial charge in [0.1, 0.15) is 11.3 Å². The second-order valence-electron chi connectivity index (χ2n) is 13.9. The molecule has 0 amide bonds. The minimum atomic E-state index is 0.865. The number of aromatic nitrogens is 1. The molecular weight excluding hydrogens is 669 g/mol. The number of hydrogen-bond acceptors (Lipinski definition) is 2. The molecule has 1 aliphatic carbocycles. The molecule has 3 heteroatoms. The molecule has 0 saturated carbocycles. The van der Waals surface area contributed by atoms with Crippen LogP contribution in [0.5, 0.6) is 0 Å². The summed E-state index contributed by atoms with van der Waals surface area (Å²) in [6.07, 6.45) is 15.7. The van der Waals surface area contributed by atoms with E-state index in [1.54, 1.807) is 12.2 Å². The van der Waals surface area contributed by atoms with E-state index >= 15 is 0 Å². The normalized spacial score (nSPS) is 12.8. The lowest BCUT2D eigenvalue weighted by Crippen LogP contribution is -2.10. The Balaban J connectivity index is 1.06. The van der Waals surface area contributed by atoms with E-state index in [2.05, 4.69) is 181 Å². The molecule has 0 fully saturated rings. The second-order valence-corrected chi connectivity index (χ2v) is 13.9. The van der Waals surface area contributed by atoms with Crippen molar-refractivity contribution in [1.82, 2.24) is 4.57 Å². The zero-order chi connectivity index (χ0) is 37.3. The van der Waals surface area contributed by atoms with Crippen LogP contribution >= 0.6 is 0 Å². The molecule has 0 atom stereocenters. The maximum atomic E-state index is 6.45. The molecule has 0 radical (unpaired) electrons. The smallest absolute Gasteiger partial charge is 0.134 e. The van der Waals surface area contributed by atoms with Gasteiger partial charge in [-0.05, 0) is 113 Å². The summed E-state index contributed by atoms with van der Waals surface area (Å²) in [6, 6.07) is 50.0. The van der Waals surface area contributed by atoms with Gasteiger partial charge in [-0.15, -0.1) is 0 Å². The Hall–Kier alpha value is -7.10. The van der Waals surface area contributed by atoms with Gasteiger partial charge in [0.15, 0.2) is 0 Å². The van der Waals surface area contributed by atoms with Crippen LogP contribution in [0, 0.1) is 0 Å². The fourth-order valence-electron chi connectivity index (χ4n) is 7.92. The number of para-hydroxylation sites is 2. The van der Waals surface area contributed by atoms with Gasteiger partial charge in [-0.25, -0.2) is 0 Å². The molecule has 6 aromatic carbocycles. The number of allylic oxidation sites excluding steroid dienone is 7. The number of anilines is 3. The van der Waals surface area contributed by atoms with E-state index in [0.29, 0.717) is 0 Å². The molecule has 9 rings (SSSR count). The van der Waals surface area contributed by atoms with E-state index in [9.17, 15) is 0 Å². The molecule has 55 heavy (non-hydrogen) atoms. The molecule has 0 N–H and O–H groups in total. The number of rotatable bonds is 10. The van der Waals surface area contributed by atoms with Crippen molar-refractivity contribution in [3.8, 4) is 11.1 Å². The number of benzene rings is 6. The first-order valence-corrected chi connectivity index (χ1v) is 18.7. The number of fused-ring (bicyclic) bond motifs is 6. The highest BCUT2D eigenvalue weighted by molar-refractivity contribution is 6.11. The molecule has 0 bridgehead atoms. The molecule has 1 aliphatic rings. The lowest BCUT2D eigenvalue weighted by atomic mass is 9.91. The van der Waals surface area contributed by atoms with Crippen LogP contribution in [0.15, 0.2) is 194 Å². The number of hydrogen-bond donors (Lipinski definition) is 0. The van der Waals surface area contributed by atoms with E-state index in [1.165, 1.54) is 33.0 Å². The van der Waals surface area contributed by atoms with Crippen LogP contribution in [-0.4, -0.2) is 4.57 Å². The average Bonchev–Trinajstić information content (AvgIpc) is 3.77. The summed E-state index contributed by atoms with van der Waals surface area (Å²) in [6.45, 7) is 12.0. The van der Waals surface area contributed by atoms with E-state index in [-0.39, 0.29) is 0 Å². The van der Waals surface area contributed by atoms with Gasteiger partial charge in [-0.3, -0.25) is 0 Å². The van der Waals surface area contributed by atoms with Gasteiger partial charge in [0.25, 0.3) is 0 Å². The van der Waals surface area contributed by atoms with Crippen molar-refractivity contribution >= 4 is 73.3 Å². The zero-order valence-corrected chi connectivity index (χ0v) is 30.7. The first kappa shape index (κ1) is 33.7. The van der Waals surface area contributed by atoms with Crippen LogP contribution in [0.2, 0.25) is 0 Å². The fraction of sp³-hybridized carbons (Fsp3) is 0.0385. The second kappa shape index (κ2) is 14.4. The quantitative estimate of drug-likeness (QED) is 0.132. The van der Waals surface area contributed by atoms with Gasteiger partial charge in [0.05, 0.1) is 11.0 Å². The molecule has 0 aliphatic heterocycles. The largest absolute Gasteiger partial charge is 0.460 e. The number of nitrogens with zero attached hydrogens (tertiary/aromatic N) is 2. The van der Waals surface area contributed by atoms with Crippen molar-refractivity contribution in [3.05, 3.63) is 212 Å². The van der Waals surface area contributed by atoms with Crippen LogP contribution in [0.3, 0.4) is 0 Å². The highest BCUT2D eigenvalue weighted by atomic mass is 16.3. The summed E-state index contributed by atoms with van der Waals surface area (Å²) in [7, 11) is 0. The third-order valence-electron chi connectivity index (χ3n) is 10.5. The molecule has 0 spiro atoms. The van der Waals surface area contributed by atoms with Gasteiger partial charge in [0.2, 0.25) is 0 Å². The lowest BCUT2D eigenvalue weighted by Gasteiger charge is -2.26. The van der Waals surface area contributed by atoms with Crippen molar-refractivity contribution in [2.75, 3.05) is 4.90 Å². The molecule has 2 aromatic heterocycles. The minimum absolute atomic E-state index is 0.865. The summed E-state index contributed by atoms with van der Waals surface area (Å²) in [4.78, 5) is 2.30. The van der Waals surface area contributed by atoms with Crippen LogP contribution in [0.25, 0.3) is 67.3 Å². The molecule has 3 nitrogen and oxygen atoms in total. The van der Waals surface area contributed by atoms with E-state index in [1.807, 2.05) is 18.2 Å². The number of furan rings is 1. The maximum absolute atomic E-state index is 6.45. The van der Waals surface area contributed by atoms with Crippen LogP contribution in [-0.2, 0) is 6.42 Å². The van der Waals surface area contributed by atoms with Crippen LogP contribution < -0.4 is 4.90 Å². The van der Waals surface area contributed by atoms with Gasteiger partial charge < -0.3 is 13.9 Å². The Morgan fingerprint density at radius 1 is 0.600 bits per heavy atom. The fourth-order valence-corrected chi connectivity index (χ4v) is 7.92. The first-order valence-electron chi connectivity index (χ1n) is 18.7. The SMILES string of the molecule is C=CC=CC(=C)n1c2ccccc2c2cc(-c3ccc4oc5c(c4c3)C=C(c3ccc(N(c4ccccc4)c4cccc(C=CC=C)c4)cc3)CC5)ccc21. The maximum Gasteiger partial charge on any atom is 0.134 e. The van der Waals surface area contributed by atoms with E-state index < -0.39 is 0 Å². The Morgan fingerprint density at radius 2 is 1.29 bits per heavy atom. The monoisotopic (exact) mass is 708 g/mol. The van der Waals surface area contributed by atoms with Crippen molar-refractivity contribution in [2.24, 2.45) is 0 Å². The standard InChI is InChI=1S/C52H40N2O/c1-4-6-14-36(3)53-49-21-12-11-20-45(49)46-33-40(24-29-50(46)53)41-26-31-52-48(35-41)47-34-39(25-30-51(47)55-52)38-22-27-43(28-23-38)54(42-17-9-8-10-18-42)44-19-13-16-37(32-44)15-7-5-2/h4-24,26-29,31-35H,1-3,25,30H2. The zero-order valence-electron chi connectivity index (χ0n) is 30.7. The molecule has 0 saturated heterocycles. The first-order chi connectivity index (χ1) is 27.1. The highest BCUT2D eigenvalue weighted by Crippen LogP contribution is 2.41. The van der Waals surface area contributed by atoms with Gasteiger partial charge >= 0.3 is 0 Å². The van der Waals surface area contributed by atoms with Gasteiger partial charge in [-0.2, -0.15) is 0 Å². The Labute approximate surface area is 322 Å². The Kier molecular flexibility index (Phi) is 8.81. The molecule has 8 aromatic rings. The lowest BCUT2D eigenvalue weighted by molar-refractivity contribution is 0.548. The van der Waals surface area contributed by atoms with Gasteiger partial charge in [-0.1, -0.05) is 123 Å². The predicted octanol–water partition coefficient (Wildman–Crippen LogP) is 14.6. The summed E-state index contributed by atoms with van der Waals surface area (Å²) in [5.74, 6) is 1.05. The van der Waals surface area contributed by atoms with E-state index in [4.69, 9.17) is 4.42 Å². The predicted molar refractivity (Wildman–Crippen MR) is 236 cm³/mol. The third kappa shape index (κ3) is 6.26. The highest BCUT2D eigenvalue weighted by Gasteiger charge is 2.21. The summed E-state index contributed by atoms with van der Waals surface area (Å²) in [5, 5.41) is 3.55. The van der Waals surface area contributed by atoms with Crippen LogP contribution in [0.1, 0.15) is 28.9 Å². The third-order valence-corrected chi connectivity index (χ3v) is 10.5. The minimum Gasteiger partial charge on any atom is -0.460 e. The van der Waals surface area contributed by atoms with Crippen LogP contribution in [0.4, 0.5) is 17.1 Å². The van der Waals surface area contributed by atoms with Crippen molar-refractivity contribution in [1.29, 1.82) is 0 Å². The van der Waals surface area contributed by atoms with Gasteiger partial charge in [0, 0.05) is 50.9 Å². The summed E-state index contributed by atoms with van der Waals surface area (Å²) in [5.41, 5.74) is 14.6. The Bertz CT molecular complexity index is 2860. The topological polar surface area (TPSA) is 21.3 Å².